The molecule has 1 heterocycles. The predicted molar refractivity (Wildman–Crippen MR) is 76.2 cm³/mol. The van der Waals surface area contributed by atoms with E-state index in [1.54, 1.807) is 0 Å². The molecule has 2 rings (SSSR count). The minimum atomic E-state index is -0.126. The molecule has 18 heavy (non-hydrogen) atoms. The first-order chi connectivity index (χ1) is 8.41. The van der Waals surface area contributed by atoms with Crippen LogP contribution in [-0.4, -0.2) is 22.9 Å². The monoisotopic (exact) mass is 310 g/mol. The van der Waals surface area contributed by atoms with E-state index in [0.29, 0.717) is 6.42 Å². The number of nitrogens with zero attached hydrogens (tertiary/aromatic N) is 1. The van der Waals surface area contributed by atoms with Crippen molar-refractivity contribution in [2.75, 3.05) is 0 Å². The summed E-state index contributed by atoms with van der Waals surface area (Å²) in [4.78, 5) is 13.9. The van der Waals surface area contributed by atoms with E-state index in [9.17, 15) is 4.79 Å². The summed E-state index contributed by atoms with van der Waals surface area (Å²) >= 11 is 3.59. The molecule has 1 fully saturated rings. The first-order valence-corrected chi connectivity index (χ1v) is 7.04. The molecule has 1 aromatic rings. The molecule has 1 amide bonds. The zero-order valence-corrected chi connectivity index (χ0v) is 12.6. The molecule has 1 aromatic carbocycles. The van der Waals surface area contributed by atoms with Gasteiger partial charge >= 0.3 is 0 Å². The zero-order valence-electron chi connectivity index (χ0n) is 11.0. The van der Waals surface area contributed by atoms with Gasteiger partial charge in [-0.3, -0.25) is 4.79 Å². The summed E-state index contributed by atoms with van der Waals surface area (Å²) < 4.78 is 1.03. The molecule has 1 saturated heterocycles. The van der Waals surface area contributed by atoms with E-state index in [-0.39, 0.29) is 24.0 Å². The van der Waals surface area contributed by atoms with Crippen molar-refractivity contribution in [1.82, 2.24) is 4.90 Å². The first-order valence-electron chi connectivity index (χ1n) is 6.24. The van der Waals surface area contributed by atoms with Gasteiger partial charge in [-0.1, -0.05) is 28.1 Å². The molecule has 3 nitrogen and oxygen atoms in total. The summed E-state index contributed by atoms with van der Waals surface area (Å²) in [5, 5.41) is 0. The number of nitrogens with two attached hydrogens (primary N) is 1. The molecule has 1 aliphatic rings. The summed E-state index contributed by atoms with van der Waals surface area (Å²) in [6.07, 6.45) is 0.434. The van der Waals surface area contributed by atoms with Crippen LogP contribution in [0.5, 0.6) is 0 Å². The summed E-state index contributed by atoms with van der Waals surface area (Å²) in [5.41, 5.74) is 8.45. The van der Waals surface area contributed by atoms with Gasteiger partial charge in [0.15, 0.2) is 0 Å². The lowest BCUT2D eigenvalue weighted by Crippen LogP contribution is -2.37. The topological polar surface area (TPSA) is 46.3 Å². The Hall–Kier alpha value is -0.870. The van der Waals surface area contributed by atoms with Gasteiger partial charge < -0.3 is 10.6 Å². The lowest BCUT2D eigenvalue weighted by atomic mass is 9.99. The van der Waals surface area contributed by atoms with Crippen LogP contribution in [0.15, 0.2) is 22.7 Å². The number of amides is 1. The molecule has 0 bridgehead atoms. The Morgan fingerprint density at radius 1 is 1.44 bits per heavy atom. The number of hydrogen-bond donors (Lipinski definition) is 1. The average molecular weight is 311 g/mol. The van der Waals surface area contributed by atoms with Gasteiger partial charge in [0, 0.05) is 23.0 Å². The van der Waals surface area contributed by atoms with Gasteiger partial charge in [-0.05, 0) is 38.0 Å². The van der Waals surface area contributed by atoms with Crippen molar-refractivity contribution in [2.45, 2.75) is 45.3 Å². The van der Waals surface area contributed by atoms with E-state index in [2.05, 4.69) is 41.1 Å². The highest BCUT2D eigenvalue weighted by atomic mass is 79.9. The largest absolute Gasteiger partial charge is 0.332 e. The third kappa shape index (κ3) is 2.31. The van der Waals surface area contributed by atoms with E-state index in [4.69, 9.17) is 5.73 Å². The highest BCUT2D eigenvalue weighted by Crippen LogP contribution is 2.37. The van der Waals surface area contributed by atoms with Crippen LogP contribution in [0.25, 0.3) is 0 Å². The Morgan fingerprint density at radius 2 is 2.11 bits per heavy atom. The number of halogens is 1. The van der Waals surface area contributed by atoms with E-state index < -0.39 is 0 Å². The Labute approximate surface area is 116 Å². The number of benzene rings is 1. The van der Waals surface area contributed by atoms with E-state index in [1.807, 2.05) is 18.7 Å². The Balaban J connectivity index is 2.43. The first kappa shape index (κ1) is 13.6. The van der Waals surface area contributed by atoms with Crippen LogP contribution in [-0.2, 0) is 4.79 Å². The average Bonchev–Trinajstić information content (AvgIpc) is 2.53. The Bertz CT molecular complexity index is 473. The second-order valence-corrected chi connectivity index (χ2v) is 6.09. The Morgan fingerprint density at radius 3 is 2.67 bits per heavy atom. The maximum atomic E-state index is 12.0. The van der Waals surface area contributed by atoms with Crippen molar-refractivity contribution in [3.05, 3.63) is 33.8 Å². The van der Waals surface area contributed by atoms with Gasteiger partial charge in [-0.2, -0.15) is 0 Å². The second kappa shape index (κ2) is 5.02. The van der Waals surface area contributed by atoms with Crippen molar-refractivity contribution in [3.8, 4) is 0 Å². The number of carbonyl (C=O) groups is 1. The molecule has 0 spiro atoms. The molecule has 2 unspecified atom stereocenters. The fourth-order valence-corrected chi connectivity index (χ4v) is 3.37. The van der Waals surface area contributed by atoms with Gasteiger partial charge in [-0.25, -0.2) is 0 Å². The quantitative estimate of drug-likeness (QED) is 0.913. The molecule has 0 aromatic heterocycles. The van der Waals surface area contributed by atoms with Gasteiger partial charge in [0.05, 0.1) is 6.04 Å². The molecule has 1 aliphatic heterocycles. The van der Waals surface area contributed by atoms with Crippen LogP contribution < -0.4 is 5.73 Å². The van der Waals surface area contributed by atoms with Gasteiger partial charge in [0.25, 0.3) is 0 Å². The van der Waals surface area contributed by atoms with E-state index >= 15 is 0 Å². The van der Waals surface area contributed by atoms with Crippen LogP contribution in [0.1, 0.15) is 37.4 Å². The van der Waals surface area contributed by atoms with Gasteiger partial charge in [0.2, 0.25) is 5.91 Å². The highest BCUT2D eigenvalue weighted by molar-refractivity contribution is 9.10. The molecule has 0 saturated carbocycles. The smallest absolute Gasteiger partial charge is 0.225 e. The summed E-state index contributed by atoms with van der Waals surface area (Å²) in [6.45, 7) is 6.12. The molecule has 2 atom stereocenters. The maximum Gasteiger partial charge on any atom is 0.225 e. The highest BCUT2D eigenvalue weighted by Gasteiger charge is 2.40. The van der Waals surface area contributed by atoms with E-state index in [1.165, 1.54) is 5.56 Å². The van der Waals surface area contributed by atoms with Crippen LogP contribution in [0.3, 0.4) is 0 Å². The van der Waals surface area contributed by atoms with Crippen LogP contribution in [0.2, 0.25) is 0 Å². The van der Waals surface area contributed by atoms with Crippen LogP contribution in [0, 0.1) is 6.92 Å². The molecule has 0 aliphatic carbocycles. The predicted octanol–water partition coefficient (Wildman–Crippen LogP) is 2.77. The van der Waals surface area contributed by atoms with E-state index in [0.717, 1.165) is 10.0 Å². The molecule has 0 radical (unpaired) electrons. The summed E-state index contributed by atoms with van der Waals surface area (Å²) in [7, 11) is 0. The lowest BCUT2D eigenvalue weighted by Gasteiger charge is -2.31. The van der Waals surface area contributed by atoms with Crippen molar-refractivity contribution >= 4 is 21.8 Å². The SMILES string of the molecule is Cc1ccc(C2C(N)CC(=O)N2C(C)C)c(Br)c1. The van der Waals surface area contributed by atoms with Gasteiger partial charge in [-0.15, -0.1) is 0 Å². The standard InChI is InChI=1S/C14H19BrN2O/c1-8(2)17-13(18)7-12(16)14(17)10-5-4-9(3)6-11(10)15/h4-6,8,12,14H,7,16H2,1-3H3. The number of rotatable bonds is 2. The molecular weight excluding hydrogens is 292 g/mol. The fraction of sp³-hybridized carbons (Fsp3) is 0.500. The van der Waals surface area contributed by atoms with Crippen molar-refractivity contribution in [2.24, 2.45) is 5.73 Å². The molecular formula is C14H19BrN2O. The van der Waals surface area contributed by atoms with Crippen molar-refractivity contribution in [3.63, 3.8) is 0 Å². The van der Waals surface area contributed by atoms with Crippen molar-refractivity contribution in [1.29, 1.82) is 0 Å². The third-order valence-corrected chi connectivity index (χ3v) is 4.12. The number of hydrogen-bond acceptors (Lipinski definition) is 2. The zero-order chi connectivity index (χ0) is 13.4. The van der Waals surface area contributed by atoms with Crippen LogP contribution >= 0.6 is 15.9 Å². The lowest BCUT2D eigenvalue weighted by molar-refractivity contribution is -0.130. The number of aryl methyl sites for hydroxylation is 1. The number of likely N-dealkylation sites (tertiary alicyclic amines) is 1. The molecule has 98 valence electrons. The van der Waals surface area contributed by atoms with Crippen LogP contribution in [0.4, 0.5) is 0 Å². The Kier molecular flexibility index (Phi) is 3.78. The summed E-state index contributed by atoms with van der Waals surface area (Å²) in [6, 6.07) is 6.23. The minimum absolute atomic E-state index is 0.0209. The molecule has 4 heteroatoms. The minimum Gasteiger partial charge on any atom is -0.332 e. The third-order valence-electron chi connectivity index (χ3n) is 3.43. The fourth-order valence-electron chi connectivity index (χ4n) is 2.64. The van der Waals surface area contributed by atoms with Gasteiger partial charge in [0.1, 0.15) is 0 Å². The number of carbonyl (C=O) groups excluding carboxylic acids is 1. The second-order valence-electron chi connectivity index (χ2n) is 5.23. The van der Waals surface area contributed by atoms with Crippen molar-refractivity contribution < 1.29 is 4.79 Å². The maximum absolute atomic E-state index is 12.0. The summed E-state index contributed by atoms with van der Waals surface area (Å²) in [5.74, 6) is 0.148. The molecule has 2 N–H and O–H groups in total. The normalized spacial score (nSPS) is 24.1.